The number of aliphatic hydroxyl groups is 1. The standard InChI is InChI=1S/C13H21NOS/c1-4-11-6-5-7-13(11,15)8-12-14-9(2)10(3)16-12/h11,15H,4-8H2,1-3H3. The summed E-state index contributed by atoms with van der Waals surface area (Å²) in [6.07, 6.45) is 5.13. The Labute approximate surface area is 102 Å². The molecular weight excluding hydrogens is 218 g/mol. The second-order valence-corrected chi connectivity index (χ2v) is 6.31. The van der Waals surface area contributed by atoms with E-state index in [1.807, 2.05) is 6.92 Å². The van der Waals surface area contributed by atoms with Gasteiger partial charge in [0.15, 0.2) is 0 Å². The van der Waals surface area contributed by atoms with Gasteiger partial charge in [0.05, 0.1) is 16.3 Å². The van der Waals surface area contributed by atoms with E-state index in [2.05, 4.69) is 18.8 Å². The first kappa shape index (κ1) is 12.1. The van der Waals surface area contributed by atoms with E-state index in [-0.39, 0.29) is 0 Å². The zero-order chi connectivity index (χ0) is 11.8. The van der Waals surface area contributed by atoms with Gasteiger partial charge in [0.25, 0.3) is 0 Å². The van der Waals surface area contributed by atoms with Crippen molar-refractivity contribution in [1.29, 1.82) is 0 Å². The molecule has 1 saturated carbocycles. The lowest BCUT2D eigenvalue weighted by Crippen LogP contribution is -2.35. The van der Waals surface area contributed by atoms with Crippen molar-refractivity contribution in [3.05, 3.63) is 15.6 Å². The Morgan fingerprint density at radius 1 is 1.50 bits per heavy atom. The van der Waals surface area contributed by atoms with E-state index in [0.717, 1.165) is 30.0 Å². The molecule has 1 aromatic heterocycles. The zero-order valence-corrected chi connectivity index (χ0v) is 11.2. The quantitative estimate of drug-likeness (QED) is 0.878. The molecule has 0 spiro atoms. The second kappa shape index (κ2) is 4.46. The van der Waals surface area contributed by atoms with Gasteiger partial charge in [-0.25, -0.2) is 4.98 Å². The van der Waals surface area contributed by atoms with Gasteiger partial charge in [0, 0.05) is 11.3 Å². The third kappa shape index (κ3) is 2.16. The number of rotatable bonds is 3. The number of nitrogens with zero attached hydrogens (tertiary/aromatic N) is 1. The topological polar surface area (TPSA) is 33.1 Å². The van der Waals surface area contributed by atoms with Crippen LogP contribution in [0.25, 0.3) is 0 Å². The van der Waals surface area contributed by atoms with E-state index >= 15 is 0 Å². The van der Waals surface area contributed by atoms with Crippen LogP contribution in [0.15, 0.2) is 0 Å². The summed E-state index contributed by atoms with van der Waals surface area (Å²) in [5, 5.41) is 11.8. The lowest BCUT2D eigenvalue weighted by Gasteiger charge is -2.28. The first-order valence-corrected chi connectivity index (χ1v) is 7.02. The number of aryl methyl sites for hydroxylation is 2. The average molecular weight is 239 g/mol. The average Bonchev–Trinajstić information content (AvgIpc) is 2.71. The third-order valence-electron chi connectivity index (χ3n) is 3.95. The van der Waals surface area contributed by atoms with Gasteiger partial charge in [-0.3, -0.25) is 0 Å². The number of aromatic nitrogens is 1. The third-order valence-corrected chi connectivity index (χ3v) is 5.02. The minimum absolute atomic E-state index is 0.469. The Bertz CT molecular complexity index is 355. The molecule has 1 aliphatic carbocycles. The van der Waals surface area contributed by atoms with Crippen molar-refractivity contribution >= 4 is 11.3 Å². The molecule has 3 heteroatoms. The molecule has 2 nitrogen and oxygen atoms in total. The molecule has 2 rings (SSSR count). The summed E-state index contributed by atoms with van der Waals surface area (Å²) in [7, 11) is 0. The van der Waals surface area contributed by atoms with Crippen molar-refractivity contribution in [1.82, 2.24) is 4.98 Å². The number of thiazole rings is 1. The summed E-state index contributed by atoms with van der Waals surface area (Å²) in [6, 6.07) is 0. The van der Waals surface area contributed by atoms with E-state index in [1.165, 1.54) is 17.7 Å². The molecule has 1 N–H and O–H groups in total. The summed E-state index contributed by atoms with van der Waals surface area (Å²) >= 11 is 1.74. The molecule has 90 valence electrons. The maximum absolute atomic E-state index is 10.7. The van der Waals surface area contributed by atoms with Crippen LogP contribution in [0.1, 0.15) is 48.2 Å². The first-order chi connectivity index (χ1) is 7.55. The normalized spacial score (nSPS) is 29.9. The van der Waals surface area contributed by atoms with Crippen LogP contribution >= 0.6 is 11.3 Å². The van der Waals surface area contributed by atoms with Crippen LogP contribution in [0, 0.1) is 19.8 Å². The van der Waals surface area contributed by atoms with Crippen molar-refractivity contribution in [3.63, 3.8) is 0 Å². The van der Waals surface area contributed by atoms with Crippen LogP contribution < -0.4 is 0 Å². The summed E-state index contributed by atoms with van der Waals surface area (Å²) in [6.45, 7) is 6.33. The molecule has 1 aliphatic rings. The zero-order valence-electron chi connectivity index (χ0n) is 10.4. The van der Waals surface area contributed by atoms with E-state index in [4.69, 9.17) is 0 Å². The molecule has 0 amide bonds. The molecule has 16 heavy (non-hydrogen) atoms. The van der Waals surface area contributed by atoms with Gasteiger partial charge in [0.1, 0.15) is 0 Å². The fourth-order valence-corrected chi connectivity index (χ4v) is 3.87. The molecular formula is C13H21NOS. The molecule has 1 heterocycles. The highest BCUT2D eigenvalue weighted by atomic mass is 32.1. The van der Waals surface area contributed by atoms with Crippen LogP contribution in [0.4, 0.5) is 0 Å². The van der Waals surface area contributed by atoms with Gasteiger partial charge in [-0.05, 0) is 32.6 Å². The highest BCUT2D eigenvalue weighted by Gasteiger charge is 2.40. The van der Waals surface area contributed by atoms with Gasteiger partial charge in [0.2, 0.25) is 0 Å². The predicted molar refractivity (Wildman–Crippen MR) is 67.9 cm³/mol. The molecule has 0 aromatic carbocycles. The minimum Gasteiger partial charge on any atom is -0.389 e. The monoisotopic (exact) mass is 239 g/mol. The Kier molecular flexibility index (Phi) is 3.36. The summed E-state index contributed by atoms with van der Waals surface area (Å²) < 4.78 is 0. The van der Waals surface area contributed by atoms with Crippen molar-refractivity contribution in [3.8, 4) is 0 Å². The SMILES string of the molecule is CCC1CCCC1(O)Cc1nc(C)c(C)s1. The van der Waals surface area contributed by atoms with Crippen LogP contribution in [-0.4, -0.2) is 15.7 Å². The maximum Gasteiger partial charge on any atom is 0.0959 e. The van der Waals surface area contributed by atoms with Crippen LogP contribution in [-0.2, 0) is 6.42 Å². The van der Waals surface area contributed by atoms with Crippen molar-refractivity contribution in [2.24, 2.45) is 5.92 Å². The smallest absolute Gasteiger partial charge is 0.0959 e. The molecule has 0 bridgehead atoms. The highest BCUT2D eigenvalue weighted by Crippen LogP contribution is 2.40. The van der Waals surface area contributed by atoms with Gasteiger partial charge in [-0.2, -0.15) is 0 Å². The largest absolute Gasteiger partial charge is 0.389 e. The van der Waals surface area contributed by atoms with E-state index in [1.54, 1.807) is 11.3 Å². The van der Waals surface area contributed by atoms with Crippen LogP contribution in [0.2, 0.25) is 0 Å². The predicted octanol–water partition coefficient (Wildman–Crippen LogP) is 3.24. The summed E-state index contributed by atoms with van der Waals surface area (Å²) in [5.74, 6) is 0.469. The van der Waals surface area contributed by atoms with Crippen LogP contribution in [0.5, 0.6) is 0 Å². The number of hydrogen-bond acceptors (Lipinski definition) is 3. The Balaban J connectivity index is 2.14. The Hall–Kier alpha value is -0.410. The lowest BCUT2D eigenvalue weighted by atomic mass is 9.86. The molecule has 2 atom stereocenters. The van der Waals surface area contributed by atoms with E-state index in [0.29, 0.717) is 5.92 Å². The molecule has 1 fully saturated rings. The van der Waals surface area contributed by atoms with Gasteiger partial charge in [-0.15, -0.1) is 11.3 Å². The van der Waals surface area contributed by atoms with Crippen molar-refractivity contribution < 1.29 is 5.11 Å². The maximum atomic E-state index is 10.7. The Morgan fingerprint density at radius 3 is 2.81 bits per heavy atom. The molecule has 2 unspecified atom stereocenters. The Morgan fingerprint density at radius 2 is 2.25 bits per heavy atom. The molecule has 1 aromatic rings. The molecule has 0 aliphatic heterocycles. The fourth-order valence-electron chi connectivity index (χ4n) is 2.82. The molecule has 0 saturated heterocycles. The van der Waals surface area contributed by atoms with E-state index in [9.17, 15) is 5.11 Å². The second-order valence-electron chi connectivity index (χ2n) is 5.03. The van der Waals surface area contributed by atoms with Crippen LogP contribution in [0.3, 0.4) is 0 Å². The summed E-state index contributed by atoms with van der Waals surface area (Å²) in [5.41, 5.74) is 0.639. The molecule has 0 radical (unpaired) electrons. The van der Waals surface area contributed by atoms with Crippen molar-refractivity contribution in [2.45, 2.75) is 58.5 Å². The number of hydrogen-bond donors (Lipinski definition) is 1. The minimum atomic E-state index is -0.481. The fraction of sp³-hybridized carbons (Fsp3) is 0.769. The lowest BCUT2D eigenvalue weighted by molar-refractivity contribution is 0.00142. The van der Waals surface area contributed by atoms with E-state index < -0.39 is 5.60 Å². The highest BCUT2D eigenvalue weighted by molar-refractivity contribution is 7.11. The van der Waals surface area contributed by atoms with Gasteiger partial charge in [-0.1, -0.05) is 19.8 Å². The first-order valence-electron chi connectivity index (χ1n) is 6.20. The van der Waals surface area contributed by atoms with Gasteiger partial charge < -0.3 is 5.11 Å². The summed E-state index contributed by atoms with van der Waals surface area (Å²) in [4.78, 5) is 5.83. The van der Waals surface area contributed by atoms with Crippen molar-refractivity contribution in [2.75, 3.05) is 0 Å². The van der Waals surface area contributed by atoms with Gasteiger partial charge >= 0.3 is 0 Å².